The molecule has 29 heavy (non-hydrogen) atoms. The number of morpholine rings is 1. The van der Waals surface area contributed by atoms with Crippen LogP contribution in [-0.4, -0.2) is 55.5 Å². The molecule has 0 bridgehead atoms. The highest BCUT2D eigenvalue weighted by Crippen LogP contribution is 2.19. The topological polar surface area (TPSA) is 72.9 Å². The number of ketones is 1. The van der Waals surface area contributed by atoms with Crippen molar-refractivity contribution in [2.45, 2.75) is 26.7 Å². The van der Waals surface area contributed by atoms with E-state index in [2.05, 4.69) is 0 Å². The molecule has 1 fully saturated rings. The summed E-state index contributed by atoms with van der Waals surface area (Å²) in [5.74, 6) is -0.650. The molecule has 1 aliphatic heterocycles. The molecular formula is C22H25NO5S. The second-order valence-electron chi connectivity index (χ2n) is 7.12. The smallest absolute Gasteiger partial charge is 0.310 e. The lowest BCUT2D eigenvalue weighted by molar-refractivity contribution is -0.141. The number of ether oxygens (including phenoxy) is 2. The van der Waals surface area contributed by atoms with Gasteiger partial charge in [-0.1, -0.05) is 18.2 Å². The minimum Gasteiger partial charge on any atom is -0.457 e. The number of esters is 1. The van der Waals surface area contributed by atoms with Gasteiger partial charge < -0.3 is 14.4 Å². The minimum atomic E-state index is -0.430. The third-order valence-electron chi connectivity index (χ3n) is 4.91. The third kappa shape index (κ3) is 5.98. The molecule has 0 radical (unpaired) electrons. The fourth-order valence-corrected chi connectivity index (χ4v) is 3.97. The van der Waals surface area contributed by atoms with E-state index in [9.17, 15) is 14.4 Å². The number of nitrogens with zero attached hydrogens (tertiary/aromatic N) is 1. The van der Waals surface area contributed by atoms with Crippen LogP contribution in [0, 0.1) is 13.8 Å². The molecule has 0 N–H and O–H groups in total. The Balaban J connectivity index is 1.47. The summed E-state index contributed by atoms with van der Waals surface area (Å²) in [4.78, 5) is 39.8. The van der Waals surface area contributed by atoms with Crippen molar-refractivity contribution in [3.63, 3.8) is 0 Å². The fraction of sp³-hybridized carbons (Fsp3) is 0.409. The van der Waals surface area contributed by atoms with Crippen LogP contribution in [0.25, 0.3) is 0 Å². The highest BCUT2D eigenvalue weighted by atomic mass is 32.1. The number of amides is 1. The number of hydrogen-bond acceptors (Lipinski definition) is 6. The van der Waals surface area contributed by atoms with Gasteiger partial charge in [0.25, 0.3) is 0 Å². The number of aryl methyl sites for hydroxylation is 2. The van der Waals surface area contributed by atoms with Gasteiger partial charge in [-0.05, 0) is 42.7 Å². The molecule has 1 aromatic heterocycles. The molecule has 0 atom stereocenters. The molecule has 6 nitrogen and oxygen atoms in total. The molecule has 2 heterocycles. The zero-order valence-corrected chi connectivity index (χ0v) is 17.5. The van der Waals surface area contributed by atoms with Crippen LogP contribution in [0.5, 0.6) is 0 Å². The van der Waals surface area contributed by atoms with Gasteiger partial charge in [0.15, 0.2) is 6.61 Å². The van der Waals surface area contributed by atoms with Crippen LogP contribution in [0.4, 0.5) is 0 Å². The van der Waals surface area contributed by atoms with Crippen molar-refractivity contribution >= 4 is 29.0 Å². The summed E-state index contributed by atoms with van der Waals surface area (Å²) < 4.78 is 10.4. The Bertz CT molecular complexity index is 898. The highest BCUT2D eigenvalue weighted by molar-refractivity contribution is 7.14. The molecule has 0 spiro atoms. The summed E-state index contributed by atoms with van der Waals surface area (Å²) in [6.45, 7) is 6.05. The van der Waals surface area contributed by atoms with Crippen LogP contribution in [0.2, 0.25) is 0 Å². The molecule has 154 valence electrons. The van der Waals surface area contributed by atoms with E-state index < -0.39 is 5.97 Å². The van der Waals surface area contributed by atoms with E-state index in [0.29, 0.717) is 31.2 Å². The zero-order valence-electron chi connectivity index (χ0n) is 16.7. The summed E-state index contributed by atoms with van der Waals surface area (Å²) in [6.07, 6.45) is 0.405. The Morgan fingerprint density at radius 1 is 1.03 bits per heavy atom. The first-order valence-corrected chi connectivity index (χ1v) is 10.4. The van der Waals surface area contributed by atoms with E-state index in [-0.39, 0.29) is 31.1 Å². The number of hydrogen-bond donors (Lipinski definition) is 0. The molecule has 0 saturated carbocycles. The minimum absolute atomic E-state index is 0.0361. The van der Waals surface area contributed by atoms with E-state index in [0.717, 1.165) is 21.6 Å². The standard InChI is InChI=1S/C22H25NO5S/c1-15-3-4-17(11-16(15)2)12-22(26)28-14-19(24)20-6-5-18(29-20)13-21(25)23-7-9-27-10-8-23/h3-6,11H,7-10,12-14H2,1-2H3. The lowest BCUT2D eigenvalue weighted by Gasteiger charge is -2.26. The number of thiophene rings is 1. The normalized spacial score (nSPS) is 13.9. The predicted octanol–water partition coefficient (Wildman–Crippen LogP) is 2.73. The van der Waals surface area contributed by atoms with Gasteiger partial charge in [-0.15, -0.1) is 11.3 Å². The van der Waals surface area contributed by atoms with Crippen LogP contribution in [-0.2, 0) is 31.9 Å². The predicted molar refractivity (Wildman–Crippen MR) is 110 cm³/mol. The first-order valence-electron chi connectivity index (χ1n) is 9.61. The number of carbonyl (C=O) groups is 3. The first-order chi connectivity index (χ1) is 13.9. The van der Waals surface area contributed by atoms with Crippen molar-refractivity contribution < 1.29 is 23.9 Å². The van der Waals surface area contributed by atoms with Crippen LogP contribution in [0.15, 0.2) is 30.3 Å². The Kier molecular flexibility index (Phi) is 7.17. The van der Waals surface area contributed by atoms with Gasteiger partial charge in [-0.2, -0.15) is 0 Å². The number of Topliss-reactive ketones (excluding diaryl/α,β-unsaturated/α-hetero) is 1. The van der Waals surface area contributed by atoms with Gasteiger partial charge in [0.05, 0.1) is 30.9 Å². The Morgan fingerprint density at radius 3 is 2.52 bits per heavy atom. The monoisotopic (exact) mass is 415 g/mol. The average molecular weight is 416 g/mol. The van der Waals surface area contributed by atoms with Gasteiger partial charge in [0.1, 0.15) is 0 Å². The number of carbonyl (C=O) groups excluding carboxylic acids is 3. The molecule has 1 aromatic carbocycles. The van der Waals surface area contributed by atoms with E-state index in [4.69, 9.17) is 9.47 Å². The average Bonchev–Trinajstić information content (AvgIpc) is 3.18. The van der Waals surface area contributed by atoms with Crippen LogP contribution >= 0.6 is 11.3 Å². The van der Waals surface area contributed by atoms with Crippen molar-refractivity contribution in [1.29, 1.82) is 0 Å². The number of benzene rings is 1. The third-order valence-corrected chi connectivity index (χ3v) is 6.04. The fourth-order valence-electron chi connectivity index (χ4n) is 3.04. The lowest BCUT2D eigenvalue weighted by Crippen LogP contribution is -2.41. The highest BCUT2D eigenvalue weighted by Gasteiger charge is 2.19. The number of rotatable bonds is 7. The molecule has 1 saturated heterocycles. The first kappa shape index (κ1) is 21.2. The van der Waals surface area contributed by atoms with Crippen molar-refractivity contribution in [2.75, 3.05) is 32.9 Å². The van der Waals surface area contributed by atoms with Gasteiger partial charge in [0, 0.05) is 18.0 Å². The molecule has 1 aliphatic rings. The maximum atomic E-state index is 12.3. The molecule has 7 heteroatoms. The van der Waals surface area contributed by atoms with Gasteiger partial charge in [-0.25, -0.2) is 0 Å². The van der Waals surface area contributed by atoms with Crippen LogP contribution in [0.3, 0.4) is 0 Å². The largest absolute Gasteiger partial charge is 0.457 e. The quantitative estimate of drug-likeness (QED) is 0.514. The Labute approximate surface area is 174 Å². The maximum absolute atomic E-state index is 12.3. The Hall–Kier alpha value is -2.51. The van der Waals surface area contributed by atoms with Gasteiger partial charge >= 0.3 is 5.97 Å². The second-order valence-corrected chi connectivity index (χ2v) is 8.28. The van der Waals surface area contributed by atoms with E-state index >= 15 is 0 Å². The van der Waals surface area contributed by atoms with Crippen LogP contribution in [0.1, 0.15) is 31.2 Å². The molecular weight excluding hydrogens is 390 g/mol. The van der Waals surface area contributed by atoms with E-state index in [1.807, 2.05) is 32.0 Å². The molecule has 0 aliphatic carbocycles. The maximum Gasteiger partial charge on any atom is 0.310 e. The van der Waals surface area contributed by atoms with Crippen molar-refractivity contribution in [3.05, 3.63) is 56.8 Å². The Morgan fingerprint density at radius 2 is 1.79 bits per heavy atom. The van der Waals surface area contributed by atoms with E-state index in [1.165, 1.54) is 11.3 Å². The van der Waals surface area contributed by atoms with Crippen molar-refractivity contribution in [3.8, 4) is 0 Å². The summed E-state index contributed by atoms with van der Waals surface area (Å²) >= 11 is 1.27. The SMILES string of the molecule is Cc1ccc(CC(=O)OCC(=O)c2ccc(CC(=O)N3CCOCC3)s2)cc1C. The van der Waals surface area contributed by atoms with E-state index in [1.54, 1.807) is 17.0 Å². The summed E-state index contributed by atoms with van der Waals surface area (Å²) in [5, 5.41) is 0. The summed E-state index contributed by atoms with van der Waals surface area (Å²) in [5.41, 5.74) is 3.15. The molecule has 1 amide bonds. The van der Waals surface area contributed by atoms with Crippen LogP contribution < -0.4 is 0 Å². The van der Waals surface area contributed by atoms with Gasteiger partial charge in [0.2, 0.25) is 11.7 Å². The summed E-state index contributed by atoms with van der Waals surface area (Å²) in [6, 6.07) is 9.28. The van der Waals surface area contributed by atoms with Crippen molar-refractivity contribution in [2.24, 2.45) is 0 Å². The lowest BCUT2D eigenvalue weighted by atomic mass is 10.0. The van der Waals surface area contributed by atoms with Gasteiger partial charge in [-0.3, -0.25) is 14.4 Å². The second kappa shape index (κ2) is 9.80. The summed E-state index contributed by atoms with van der Waals surface area (Å²) in [7, 11) is 0. The van der Waals surface area contributed by atoms with Crippen molar-refractivity contribution in [1.82, 2.24) is 4.90 Å². The molecule has 0 unspecified atom stereocenters. The zero-order chi connectivity index (χ0) is 20.8. The molecule has 3 rings (SSSR count). The molecule has 2 aromatic rings.